The van der Waals surface area contributed by atoms with Crippen LogP contribution in [0.2, 0.25) is 5.02 Å². The van der Waals surface area contributed by atoms with Crippen molar-refractivity contribution >= 4 is 23.2 Å². The Hall–Kier alpha value is -0.270. The molecule has 2 rings (SSSR count). The van der Waals surface area contributed by atoms with Crippen molar-refractivity contribution in [2.24, 2.45) is 17.3 Å². The predicted octanol–water partition coefficient (Wildman–Crippen LogP) is 6.09. The minimum Gasteiger partial charge on any atom is -0.207 e. The predicted molar refractivity (Wildman–Crippen MR) is 85.0 cm³/mol. The Morgan fingerprint density at radius 3 is 2.60 bits per heavy atom. The van der Waals surface area contributed by atoms with E-state index in [4.69, 9.17) is 23.2 Å². The maximum atomic E-state index is 14.0. The van der Waals surface area contributed by atoms with Crippen molar-refractivity contribution in [2.45, 2.75) is 51.8 Å². The van der Waals surface area contributed by atoms with Crippen molar-refractivity contribution in [3.8, 4) is 0 Å². The van der Waals surface area contributed by atoms with Gasteiger partial charge in [-0.1, -0.05) is 44.9 Å². The number of hydrogen-bond donors (Lipinski definition) is 0. The number of rotatable bonds is 3. The highest BCUT2D eigenvalue weighted by Crippen LogP contribution is 2.44. The molecule has 20 heavy (non-hydrogen) atoms. The molecule has 0 nitrogen and oxygen atoms in total. The molecule has 112 valence electrons. The fourth-order valence-corrected chi connectivity index (χ4v) is 4.41. The molecule has 1 aliphatic carbocycles. The summed E-state index contributed by atoms with van der Waals surface area (Å²) < 4.78 is 14.0. The van der Waals surface area contributed by atoms with E-state index in [-0.39, 0.29) is 16.6 Å². The fraction of sp³-hybridized carbons (Fsp3) is 0.647. The molecule has 3 heteroatoms. The van der Waals surface area contributed by atoms with Crippen LogP contribution in [-0.2, 0) is 6.42 Å². The van der Waals surface area contributed by atoms with Crippen molar-refractivity contribution in [3.63, 3.8) is 0 Å². The van der Waals surface area contributed by atoms with Gasteiger partial charge in [0.15, 0.2) is 0 Å². The van der Waals surface area contributed by atoms with Crippen LogP contribution in [-0.4, -0.2) is 5.38 Å². The average Bonchev–Trinajstić information content (AvgIpc) is 2.32. The number of alkyl halides is 1. The molecule has 3 atom stereocenters. The SMILES string of the molecule is CC1CCC(C(C)(C)Cc2ccc(Cl)cc2F)C(Cl)C1. The first-order chi connectivity index (χ1) is 9.29. The van der Waals surface area contributed by atoms with Gasteiger partial charge in [0.25, 0.3) is 0 Å². The van der Waals surface area contributed by atoms with E-state index < -0.39 is 0 Å². The summed E-state index contributed by atoms with van der Waals surface area (Å²) in [5.74, 6) is 0.938. The Balaban J connectivity index is 2.14. The molecule has 1 aromatic carbocycles. The van der Waals surface area contributed by atoms with Crippen LogP contribution in [0.3, 0.4) is 0 Å². The van der Waals surface area contributed by atoms with E-state index in [0.717, 1.165) is 18.4 Å². The maximum absolute atomic E-state index is 14.0. The van der Waals surface area contributed by atoms with E-state index in [2.05, 4.69) is 20.8 Å². The third kappa shape index (κ3) is 3.68. The monoisotopic (exact) mass is 316 g/mol. The lowest BCUT2D eigenvalue weighted by Gasteiger charge is -2.42. The van der Waals surface area contributed by atoms with Crippen molar-refractivity contribution in [2.75, 3.05) is 0 Å². The van der Waals surface area contributed by atoms with Crippen LogP contribution in [0.25, 0.3) is 0 Å². The summed E-state index contributed by atoms with van der Waals surface area (Å²) in [7, 11) is 0. The first-order valence-corrected chi connectivity index (χ1v) is 8.19. The minimum absolute atomic E-state index is 0.00122. The molecule has 0 aliphatic heterocycles. The summed E-state index contributed by atoms with van der Waals surface area (Å²) in [4.78, 5) is 0. The van der Waals surface area contributed by atoms with Crippen LogP contribution in [0, 0.1) is 23.1 Å². The summed E-state index contributed by atoms with van der Waals surface area (Å²) in [6.45, 7) is 6.67. The summed E-state index contributed by atoms with van der Waals surface area (Å²) in [5.41, 5.74) is 0.739. The van der Waals surface area contributed by atoms with Crippen molar-refractivity contribution in [1.82, 2.24) is 0 Å². The van der Waals surface area contributed by atoms with Gasteiger partial charge in [0.2, 0.25) is 0 Å². The van der Waals surface area contributed by atoms with Gasteiger partial charge >= 0.3 is 0 Å². The molecule has 0 spiro atoms. The van der Waals surface area contributed by atoms with Crippen LogP contribution in [0.5, 0.6) is 0 Å². The molecule has 0 bridgehead atoms. The Morgan fingerprint density at radius 1 is 1.30 bits per heavy atom. The number of hydrogen-bond acceptors (Lipinski definition) is 0. The molecule has 1 aliphatic rings. The fourth-order valence-electron chi connectivity index (χ4n) is 3.48. The quantitative estimate of drug-likeness (QED) is 0.592. The van der Waals surface area contributed by atoms with Gasteiger partial charge in [0, 0.05) is 10.4 Å². The second-order valence-corrected chi connectivity index (χ2v) is 7.94. The first kappa shape index (κ1) is 16.1. The van der Waals surface area contributed by atoms with Gasteiger partial charge in [-0.2, -0.15) is 0 Å². The van der Waals surface area contributed by atoms with Crippen LogP contribution in [0.4, 0.5) is 4.39 Å². The Kier molecular flexibility index (Phi) is 5.02. The highest BCUT2D eigenvalue weighted by Gasteiger charge is 2.38. The third-order valence-electron chi connectivity index (χ3n) is 4.70. The lowest BCUT2D eigenvalue weighted by atomic mass is 9.66. The van der Waals surface area contributed by atoms with Gasteiger partial charge < -0.3 is 0 Å². The van der Waals surface area contributed by atoms with Gasteiger partial charge in [-0.05, 0) is 54.2 Å². The lowest BCUT2D eigenvalue weighted by molar-refractivity contribution is 0.141. The molecule has 0 saturated heterocycles. The molecule has 0 amide bonds. The maximum Gasteiger partial charge on any atom is 0.127 e. The normalized spacial score (nSPS) is 27.6. The second-order valence-electron chi connectivity index (χ2n) is 6.94. The highest BCUT2D eigenvalue weighted by molar-refractivity contribution is 6.30. The van der Waals surface area contributed by atoms with Gasteiger partial charge in [0.1, 0.15) is 5.82 Å². The highest BCUT2D eigenvalue weighted by atomic mass is 35.5. The molecule has 0 aromatic heterocycles. The van der Waals surface area contributed by atoms with E-state index in [1.165, 1.54) is 12.5 Å². The van der Waals surface area contributed by atoms with E-state index in [0.29, 0.717) is 23.3 Å². The summed E-state index contributed by atoms with van der Waals surface area (Å²) >= 11 is 12.4. The van der Waals surface area contributed by atoms with E-state index in [1.807, 2.05) is 0 Å². The molecule has 0 N–H and O–H groups in total. The Morgan fingerprint density at radius 2 is 2.00 bits per heavy atom. The zero-order valence-electron chi connectivity index (χ0n) is 12.4. The van der Waals surface area contributed by atoms with Crippen LogP contribution < -0.4 is 0 Å². The van der Waals surface area contributed by atoms with E-state index in [1.54, 1.807) is 12.1 Å². The average molecular weight is 317 g/mol. The smallest absolute Gasteiger partial charge is 0.127 e. The third-order valence-corrected chi connectivity index (χ3v) is 5.42. The molecule has 0 radical (unpaired) electrons. The van der Waals surface area contributed by atoms with Crippen molar-refractivity contribution in [3.05, 3.63) is 34.6 Å². The van der Waals surface area contributed by atoms with Crippen LogP contribution in [0.15, 0.2) is 18.2 Å². The summed E-state index contributed by atoms with van der Waals surface area (Å²) in [6, 6.07) is 4.96. The van der Waals surface area contributed by atoms with Crippen molar-refractivity contribution in [1.29, 1.82) is 0 Å². The first-order valence-electron chi connectivity index (χ1n) is 7.37. The summed E-state index contributed by atoms with van der Waals surface area (Å²) in [5, 5.41) is 0.648. The van der Waals surface area contributed by atoms with Crippen LogP contribution in [0.1, 0.15) is 45.6 Å². The largest absolute Gasteiger partial charge is 0.207 e. The second kappa shape index (κ2) is 6.23. The van der Waals surface area contributed by atoms with Crippen LogP contribution >= 0.6 is 23.2 Å². The zero-order chi connectivity index (χ0) is 14.9. The van der Waals surface area contributed by atoms with Gasteiger partial charge in [-0.3, -0.25) is 0 Å². The molecule has 1 saturated carbocycles. The Labute approximate surface area is 131 Å². The minimum atomic E-state index is -0.208. The standard InChI is InChI=1S/C17H23Cl2F/c1-11-4-7-14(15(19)8-11)17(2,3)10-12-5-6-13(18)9-16(12)20/h5-6,9,11,14-15H,4,7-8,10H2,1-3H3. The van der Waals surface area contributed by atoms with E-state index >= 15 is 0 Å². The summed E-state index contributed by atoms with van der Waals surface area (Å²) in [6.07, 6.45) is 4.13. The van der Waals surface area contributed by atoms with Crippen molar-refractivity contribution < 1.29 is 4.39 Å². The Bertz CT molecular complexity index is 470. The molecule has 0 heterocycles. The zero-order valence-corrected chi connectivity index (χ0v) is 13.9. The molecular formula is C17H23Cl2F. The molecular weight excluding hydrogens is 294 g/mol. The van der Waals surface area contributed by atoms with E-state index in [9.17, 15) is 4.39 Å². The molecule has 1 fully saturated rings. The molecule has 3 unspecified atom stereocenters. The van der Waals surface area contributed by atoms with Gasteiger partial charge in [-0.25, -0.2) is 4.39 Å². The number of halogens is 3. The lowest BCUT2D eigenvalue weighted by Crippen LogP contribution is -2.37. The number of benzene rings is 1. The molecule has 1 aromatic rings. The topological polar surface area (TPSA) is 0 Å². The van der Waals surface area contributed by atoms with Gasteiger partial charge in [0.05, 0.1) is 0 Å². The van der Waals surface area contributed by atoms with Gasteiger partial charge in [-0.15, -0.1) is 11.6 Å².